The highest BCUT2D eigenvalue weighted by atomic mass is 16.2. The summed E-state index contributed by atoms with van der Waals surface area (Å²) < 4.78 is 0. The molecule has 0 aromatic carbocycles. The van der Waals surface area contributed by atoms with E-state index in [9.17, 15) is 9.59 Å². The van der Waals surface area contributed by atoms with E-state index in [1.165, 1.54) is 4.90 Å². The molecule has 0 aromatic heterocycles. The van der Waals surface area contributed by atoms with Gasteiger partial charge in [0.05, 0.1) is 18.7 Å². The van der Waals surface area contributed by atoms with Gasteiger partial charge in [0.15, 0.2) is 0 Å². The van der Waals surface area contributed by atoms with Crippen LogP contribution in [-0.2, 0) is 9.59 Å². The number of hydrogen-bond donors (Lipinski definition) is 2. The first-order valence-corrected chi connectivity index (χ1v) is 4.57. The summed E-state index contributed by atoms with van der Waals surface area (Å²) in [6.07, 6.45) is 0. The number of nitriles is 1. The summed E-state index contributed by atoms with van der Waals surface area (Å²) in [5, 5.41) is 13.3. The maximum Gasteiger partial charge on any atom is 0.238 e. The summed E-state index contributed by atoms with van der Waals surface area (Å²) in [6, 6.07) is 1.38. The summed E-state index contributed by atoms with van der Waals surface area (Å²) >= 11 is 0. The lowest BCUT2D eigenvalue weighted by Crippen LogP contribution is -2.45. The molecule has 6 heteroatoms. The van der Waals surface area contributed by atoms with Crippen molar-refractivity contribution >= 4 is 11.8 Å². The van der Waals surface area contributed by atoms with Crippen LogP contribution < -0.4 is 10.6 Å². The Hall–Kier alpha value is -1.61. The van der Waals surface area contributed by atoms with Crippen molar-refractivity contribution in [1.82, 2.24) is 15.5 Å². The molecule has 2 N–H and O–H groups in total. The first-order valence-electron chi connectivity index (χ1n) is 4.57. The predicted octanol–water partition coefficient (Wildman–Crippen LogP) is -1.31. The number of nitrogens with zero attached hydrogens (tertiary/aromatic N) is 2. The molecule has 6 nitrogen and oxygen atoms in total. The van der Waals surface area contributed by atoms with E-state index in [4.69, 9.17) is 5.26 Å². The fraction of sp³-hybridized carbons (Fsp3) is 0.667. The Labute approximate surface area is 89.2 Å². The summed E-state index contributed by atoms with van der Waals surface area (Å²) in [4.78, 5) is 23.8. The van der Waals surface area contributed by atoms with E-state index in [0.29, 0.717) is 0 Å². The molecule has 1 unspecified atom stereocenters. The molecule has 0 saturated carbocycles. The van der Waals surface area contributed by atoms with E-state index in [-0.39, 0.29) is 24.9 Å². The second-order valence-corrected chi connectivity index (χ2v) is 3.27. The number of carbonyl (C=O) groups is 2. The zero-order valence-corrected chi connectivity index (χ0v) is 9.20. The Morgan fingerprint density at radius 2 is 2.07 bits per heavy atom. The molecule has 0 aliphatic heterocycles. The van der Waals surface area contributed by atoms with Crippen LogP contribution in [0.25, 0.3) is 0 Å². The van der Waals surface area contributed by atoms with Gasteiger partial charge >= 0.3 is 0 Å². The van der Waals surface area contributed by atoms with Crippen LogP contribution in [0.2, 0.25) is 0 Å². The molecule has 0 aromatic rings. The summed E-state index contributed by atoms with van der Waals surface area (Å²) in [7, 11) is 3.30. The SMILES string of the molecule is CC(NCC(=O)NCC#N)C(=O)N(C)C. The lowest BCUT2D eigenvalue weighted by molar-refractivity contribution is -0.130. The van der Waals surface area contributed by atoms with Crippen molar-refractivity contribution in [3.05, 3.63) is 0 Å². The molecular formula is C9H16N4O2. The second kappa shape index (κ2) is 6.79. The number of hydrogen-bond acceptors (Lipinski definition) is 4. The lowest BCUT2D eigenvalue weighted by atomic mass is 10.3. The van der Waals surface area contributed by atoms with Crippen molar-refractivity contribution in [2.45, 2.75) is 13.0 Å². The van der Waals surface area contributed by atoms with Gasteiger partial charge in [-0.05, 0) is 6.92 Å². The Kier molecular flexibility index (Phi) is 6.06. The van der Waals surface area contributed by atoms with E-state index >= 15 is 0 Å². The van der Waals surface area contributed by atoms with Crippen molar-refractivity contribution in [3.63, 3.8) is 0 Å². The third-order valence-electron chi connectivity index (χ3n) is 1.74. The lowest BCUT2D eigenvalue weighted by Gasteiger charge is -2.17. The highest BCUT2D eigenvalue weighted by molar-refractivity contribution is 5.83. The van der Waals surface area contributed by atoms with Crippen LogP contribution in [0.4, 0.5) is 0 Å². The Balaban J connectivity index is 3.81. The van der Waals surface area contributed by atoms with Crippen LogP contribution in [0.1, 0.15) is 6.92 Å². The van der Waals surface area contributed by atoms with Crippen molar-refractivity contribution in [3.8, 4) is 6.07 Å². The molecule has 0 rings (SSSR count). The number of rotatable bonds is 5. The van der Waals surface area contributed by atoms with Gasteiger partial charge in [0, 0.05) is 14.1 Å². The molecule has 0 bridgehead atoms. The van der Waals surface area contributed by atoms with E-state index < -0.39 is 6.04 Å². The normalized spacial score (nSPS) is 11.3. The molecule has 0 spiro atoms. The smallest absolute Gasteiger partial charge is 0.238 e. The molecular weight excluding hydrogens is 196 g/mol. The first kappa shape index (κ1) is 13.4. The molecule has 2 amide bonds. The average molecular weight is 212 g/mol. The largest absolute Gasteiger partial charge is 0.347 e. The van der Waals surface area contributed by atoms with Gasteiger partial charge in [0.2, 0.25) is 11.8 Å². The number of carbonyl (C=O) groups excluding carboxylic acids is 2. The molecule has 0 aliphatic carbocycles. The first-order chi connectivity index (χ1) is 6.99. The predicted molar refractivity (Wildman–Crippen MR) is 54.8 cm³/mol. The minimum Gasteiger partial charge on any atom is -0.347 e. The maximum absolute atomic E-state index is 11.3. The highest BCUT2D eigenvalue weighted by Gasteiger charge is 2.14. The monoisotopic (exact) mass is 212 g/mol. The zero-order chi connectivity index (χ0) is 11.8. The molecule has 0 aliphatic rings. The van der Waals surface area contributed by atoms with Gasteiger partial charge in [0.1, 0.15) is 6.54 Å². The highest BCUT2D eigenvalue weighted by Crippen LogP contribution is 1.87. The van der Waals surface area contributed by atoms with Gasteiger partial charge in [-0.2, -0.15) is 5.26 Å². The molecule has 0 saturated heterocycles. The number of likely N-dealkylation sites (N-methyl/N-ethyl adjacent to an activating group) is 1. The maximum atomic E-state index is 11.3. The van der Waals surface area contributed by atoms with Crippen molar-refractivity contribution in [1.29, 1.82) is 5.26 Å². The van der Waals surface area contributed by atoms with Crippen LogP contribution in [0.15, 0.2) is 0 Å². The third kappa shape index (κ3) is 5.65. The fourth-order valence-corrected chi connectivity index (χ4v) is 0.921. The topological polar surface area (TPSA) is 85.2 Å². The molecule has 0 heterocycles. The van der Waals surface area contributed by atoms with Gasteiger partial charge in [-0.25, -0.2) is 0 Å². The Bertz CT molecular complexity index is 270. The fourth-order valence-electron chi connectivity index (χ4n) is 0.921. The molecule has 0 radical (unpaired) electrons. The molecule has 1 atom stereocenters. The summed E-state index contributed by atoms with van der Waals surface area (Å²) in [5.74, 6) is -0.391. The van der Waals surface area contributed by atoms with E-state index in [1.54, 1.807) is 27.1 Å². The second-order valence-electron chi connectivity index (χ2n) is 3.27. The van der Waals surface area contributed by atoms with Crippen molar-refractivity contribution < 1.29 is 9.59 Å². The minimum atomic E-state index is -0.409. The van der Waals surface area contributed by atoms with E-state index in [1.807, 2.05) is 0 Å². The van der Waals surface area contributed by atoms with Gasteiger partial charge in [-0.1, -0.05) is 0 Å². The van der Waals surface area contributed by atoms with Crippen LogP contribution in [0, 0.1) is 11.3 Å². The minimum absolute atomic E-state index is 0.0173. The summed E-state index contributed by atoms with van der Waals surface area (Å²) in [5.41, 5.74) is 0. The van der Waals surface area contributed by atoms with Crippen LogP contribution in [-0.4, -0.2) is 49.9 Å². The average Bonchev–Trinajstić information content (AvgIpc) is 2.21. The Morgan fingerprint density at radius 1 is 1.47 bits per heavy atom. The number of nitrogens with one attached hydrogen (secondary N) is 2. The van der Waals surface area contributed by atoms with E-state index in [2.05, 4.69) is 10.6 Å². The molecule has 84 valence electrons. The van der Waals surface area contributed by atoms with Crippen LogP contribution in [0.5, 0.6) is 0 Å². The van der Waals surface area contributed by atoms with Crippen molar-refractivity contribution in [2.24, 2.45) is 0 Å². The molecule has 15 heavy (non-hydrogen) atoms. The van der Waals surface area contributed by atoms with Crippen LogP contribution >= 0.6 is 0 Å². The number of amides is 2. The van der Waals surface area contributed by atoms with Gasteiger partial charge in [-0.3, -0.25) is 14.9 Å². The zero-order valence-electron chi connectivity index (χ0n) is 9.20. The van der Waals surface area contributed by atoms with Crippen molar-refractivity contribution in [2.75, 3.05) is 27.2 Å². The van der Waals surface area contributed by atoms with Gasteiger partial charge in [-0.15, -0.1) is 0 Å². The van der Waals surface area contributed by atoms with E-state index in [0.717, 1.165) is 0 Å². The third-order valence-corrected chi connectivity index (χ3v) is 1.74. The standard InChI is InChI=1S/C9H16N4O2/c1-7(9(15)13(2)3)12-6-8(14)11-5-4-10/h7,12H,5-6H2,1-3H3,(H,11,14). The Morgan fingerprint density at radius 3 is 2.53 bits per heavy atom. The van der Waals surface area contributed by atoms with Crippen LogP contribution in [0.3, 0.4) is 0 Å². The quantitative estimate of drug-likeness (QED) is 0.554. The van der Waals surface area contributed by atoms with Gasteiger partial charge < -0.3 is 10.2 Å². The van der Waals surface area contributed by atoms with Gasteiger partial charge in [0.25, 0.3) is 0 Å². The summed E-state index contributed by atoms with van der Waals surface area (Å²) in [6.45, 7) is 1.69. The molecule has 0 fully saturated rings.